The van der Waals surface area contributed by atoms with E-state index in [1.165, 1.54) is 16.7 Å². The minimum Gasteiger partial charge on any atom is -0.490 e. The summed E-state index contributed by atoms with van der Waals surface area (Å²) in [6.45, 7) is 9.10. The summed E-state index contributed by atoms with van der Waals surface area (Å²) in [4.78, 5) is 0. The van der Waals surface area contributed by atoms with Crippen molar-refractivity contribution >= 4 is 0 Å². The zero-order chi connectivity index (χ0) is 12.1. The number of hydrogen-bond acceptors (Lipinski definition) is 2. The number of benzene rings is 1. The van der Waals surface area contributed by atoms with E-state index in [0.717, 1.165) is 25.1 Å². The van der Waals surface area contributed by atoms with Crippen molar-refractivity contribution in [2.45, 2.75) is 46.6 Å². The van der Waals surface area contributed by atoms with Gasteiger partial charge in [-0.15, -0.1) is 0 Å². The van der Waals surface area contributed by atoms with Crippen molar-refractivity contribution < 1.29 is 4.74 Å². The molecular formula is C14H23NO. The Hall–Kier alpha value is -1.02. The molecule has 0 aliphatic heterocycles. The lowest BCUT2D eigenvalue weighted by Gasteiger charge is -2.18. The third kappa shape index (κ3) is 3.24. The van der Waals surface area contributed by atoms with E-state index in [2.05, 4.69) is 39.8 Å². The first kappa shape index (κ1) is 13.0. The molecule has 90 valence electrons. The van der Waals surface area contributed by atoms with Crippen LogP contribution < -0.4 is 10.5 Å². The van der Waals surface area contributed by atoms with Crippen molar-refractivity contribution in [2.24, 2.45) is 5.73 Å². The number of aryl methyl sites for hydroxylation is 2. The monoisotopic (exact) mass is 221 g/mol. The third-order valence-corrected chi connectivity index (χ3v) is 2.76. The molecule has 0 spiro atoms. The van der Waals surface area contributed by atoms with Gasteiger partial charge in [-0.2, -0.15) is 0 Å². The van der Waals surface area contributed by atoms with Crippen molar-refractivity contribution in [3.05, 3.63) is 28.8 Å². The normalized spacial score (nSPS) is 10.9. The summed E-state index contributed by atoms with van der Waals surface area (Å²) in [6.07, 6.45) is 2.23. The Morgan fingerprint density at radius 3 is 2.50 bits per heavy atom. The first-order valence-corrected chi connectivity index (χ1v) is 6.02. The lowest BCUT2D eigenvalue weighted by Crippen LogP contribution is -2.10. The van der Waals surface area contributed by atoms with E-state index < -0.39 is 0 Å². The van der Waals surface area contributed by atoms with E-state index >= 15 is 0 Å². The van der Waals surface area contributed by atoms with Gasteiger partial charge in [-0.1, -0.05) is 12.1 Å². The molecule has 0 bridgehead atoms. The van der Waals surface area contributed by atoms with E-state index in [1.54, 1.807) is 0 Å². The fourth-order valence-corrected chi connectivity index (χ4v) is 1.74. The van der Waals surface area contributed by atoms with Crippen molar-refractivity contribution in [3.8, 4) is 5.75 Å². The molecule has 0 saturated carbocycles. The lowest BCUT2D eigenvalue weighted by molar-refractivity contribution is 0.238. The van der Waals surface area contributed by atoms with Gasteiger partial charge in [0.05, 0.1) is 6.10 Å². The van der Waals surface area contributed by atoms with Gasteiger partial charge in [-0.05, 0) is 63.8 Å². The molecule has 2 N–H and O–H groups in total. The summed E-state index contributed by atoms with van der Waals surface area (Å²) in [6, 6.07) is 4.32. The van der Waals surface area contributed by atoms with Crippen LogP contribution in [0.2, 0.25) is 0 Å². The molecule has 1 rings (SSSR count). The zero-order valence-corrected chi connectivity index (χ0v) is 10.8. The molecule has 0 aromatic heterocycles. The predicted octanol–water partition coefficient (Wildman–Crippen LogP) is 2.98. The van der Waals surface area contributed by atoms with E-state index in [9.17, 15) is 0 Å². The molecule has 0 amide bonds. The maximum absolute atomic E-state index is 5.91. The minimum absolute atomic E-state index is 0.220. The quantitative estimate of drug-likeness (QED) is 0.829. The number of nitrogens with two attached hydrogens (primary N) is 1. The van der Waals surface area contributed by atoms with Crippen LogP contribution in [0.25, 0.3) is 0 Å². The fourth-order valence-electron chi connectivity index (χ4n) is 1.74. The van der Waals surface area contributed by atoms with Crippen LogP contribution in [0, 0.1) is 13.8 Å². The van der Waals surface area contributed by atoms with Crippen LogP contribution in [0.1, 0.15) is 37.0 Å². The van der Waals surface area contributed by atoms with Crippen molar-refractivity contribution in [1.29, 1.82) is 0 Å². The average molecular weight is 221 g/mol. The van der Waals surface area contributed by atoms with Crippen molar-refractivity contribution in [2.75, 3.05) is 6.54 Å². The molecule has 1 aromatic rings. The molecule has 0 saturated heterocycles. The van der Waals surface area contributed by atoms with E-state index in [1.807, 2.05) is 0 Å². The molecule has 1 aromatic carbocycles. The van der Waals surface area contributed by atoms with Crippen LogP contribution >= 0.6 is 0 Å². The van der Waals surface area contributed by atoms with E-state index in [-0.39, 0.29) is 6.10 Å². The summed E-state index contributed by atoms with van der Waals surface area (Å²) in [5.41, 5.74) is 9.37. The van der Waals surface area contributed by atoms with Gasteiger partial charge in [-0.25, -0.2) is 0 Å². The Bertz CT molecular complexity index is 345. The van der Waals surface area contributed by atoms with Crippen molar-refractivity contribution in [1.82, 2.24) is 0 Å². The number of ether oxygens (including phenoxy) is 1. The second kappa shape index (κ2) is 5.90. The maximum atomic E-state index is 5.91. The van der Waals surface area contributed by atoms with Crippen LogP contribution in [-0.4, -0.2) is 12.6 Å². The highest BCUT2D eigenvalue weighted by Gasteiger charge is 2.10. The van der Waals surface area contributed by atoms with Gasteiger partial charge in [0.1, 0.15) is 5.75 Å². The van der Waals surface area contributed by atoms with Gasteiger partial charge in [-0.3, -0.25) is 0 Å². The van der Waals surface area contributed by atoms with Crippen LogP contribution in [0.3, 0.4) is 0 Å². The first-order valence-electron chi connectivity index (χ1n) is 6.02. The second-order valence-electron chi connectivity index (χ2n) is 4.55. The smallest absolute Gasteiger partial charge is 0.126 e. The highest BCUT2D eigenvalue weighted by molar-refractivity contribution is 5.45. The van der Waals surface area contributed by atoms with Crippen LogP contribution in [0.4, 0.5) is 0 Å². The molecule has 16 heavy (non-hydrogen) atoms. The first-order chi connectivity index (χ1) is 7.56. The van der Waals surface area contributed by atoms with Gasteiger partial charge in [0.15, 0.2) is 0 Å². The van der Waals surface area contributed by atoms with Crippen LogP contribution in [0.5, 0.6) is 5.75 Å². The highest BCUT2D eigenvalue weighted by atomic mass is 16.5. The average Bonchev–Trinajstić information content (AvgIpc) is 2.23. The SMILES string of the molecule is Cc1ccc(CCCN)c(OC(C)C)c1C. The Morgan fingerprint density at radius 1 is 1.25 bits per heavy atom. The topological polar surface area (TPSA) is 35.2 Å². The standard InChI is InChI=1S/C14H23NO/c1-10(2)16-14-12(4)11(3)7-8-13(14)6-5-9-15/h7-8,10H,5-6,9,15H2,1-4H3. The Morgan fingerprint density at radius 2 is 1.94 bits per heavy atom. The van der Waals surface area contributed by atoms with E-state index in [4.69, 9.17) is 10.5 Å². The zero-order valence-electron chi connectivity index (χ0n) is 10.8. The molecule has 0 aliphatic carbocycles. The summed E-state index contributed by atoms with van der Waals surface area (Å²) in [5.74, 6) is 1.06. The van der Waals surface area contributed by atoms with Gasteiger partial charge in [0, 0.05) is 0 Å². The fraction of sp³-hybridized carbons (Fsp3) is 0.571. The predicted molar refractivity (Wildman–Crippen MR) is 69.1 cm³/mol. The molecule has 0 heterocycles. The molecule has 0 radical (unpaired) electrons. The van der Waals surface area contributed by atoms with Crippen LogP contribution in [-0.2, 0) is 6.42 Å². The maximum Gasteiger partial charge on any atom is 0.126 e. The third-order valence-electron chi connectivity index (χ3n) is 2.76. The summed E-state index contributed by atoms with van der Waals surface area (Å²) >= 11 is 0. The summed E-state index contributed by atoms with van der Waals surface area (Å²) < 4.78 is 5.91. The molecule has 0 atom stereocenters. The van der Waals surface area contributed by atoms with Gasteiger partial charge in [0.2, 0.25) is 0 Å². The molecule has 2 heteroatoms. The van der Waals surface area contributed by atoms with E-state index in [0.29, 0.717) is 0 Å². The second-order valence-corrected chi connectivity index (χ2v) is 4.55. The molecule has 2 nitrogen and oxygen atoms in total. The van der Waals surface area contributed by atoms with Gasteiger partial charge < -0.3 is 10.5 Å². The highest BCUT2D eigenvalue weighted by Crippen LogP contribution is 2.28. The minimum atomic E-state index is 0.220. The largest absolute Gasteiger partial charge is 0.490 e. The van der Waals surface area contributed by atoms with Gasteiger partial charge in [0.25, 0.3) is 0 Å². The van der Waals surface area contributed by atoms with Gasteiger partial charge >= 0.3 is 0 Å². The summed E-state index contributed by atoms with van der Waals surface area (Å²) in [7, 11) is 0. The Labute approximate surface area is 98.8 Å². The summed E-state index contributed by atoms with van der Waals surface area (Å²) in [5, 5.41) is 0. The molecule has 0 aliphatic rings. The lowest BCUT2D eigenvalue weighted by atomic mass is 10.0. The molecule has 0 unspecified atom stereocenters. The number of hydrogen-bond donors (Lipinski definition) is 1. The van der Waals surface area contributed by atoms with Crippen molar-refractivity contribution in [3.63, 3.8) is 0 Å². The Kier molecular flexibility index (Phi) is 4.81. The van der Waals surface area contributed by atoms with Crippen LogP contribution in [0.15, 0.2) is 12.1 Å². The molecular weight excluding hydrogens is 198 g/mol. The molecule has 0 fully saturated rings. The number of rotatable bonds is 5. The Balaban J connectivity index is 3.01.